The molecule has 1 aromatic heterocycles. The highest BCUT2D eigenvalue weighted by molar-refractivity contribution is 7.07. The Morgan fingerprint density at radius 2 is 2.44 bits per heavy atom. The maximum absolute atomic E-state index is 12.3. The van der Waals surface area contributed by atoms with Gasteiger partial charge >= 0.3 is 0 Å². The molecule has 88 valence electrons. The van der Waals surface area contributed by atoms with Gasteiger partial charge in [0, 0.05) is 19.1 Å². The van der Waals surface area contributed by atoms with Crippen molar-refractivity contribution in [3.8, 4) is 0 Å². The minimum Gasteiger partial charge on any atom is -0.334 e. The Morgan fingerprint density at radius 3 is 3.06 bits per heavy atom. The lowest BCUT2D eigenvalue weighted by molar-refractivity contribution is 0.0627. The lowest BCUT2D eigenvalue weighted by atomic mass is 10.0. The molecule has 1 aliphatic rings. The molecule has 6 heteroatoms. The molecule has 0 radical (unpaired) electrons. The quantitative estimate of drug-likeness (QED) is 0.830. The first-order valence-corrected chi connectivity index (χ1v) is 6.31. The van der Waals surface area contributed by atoms with Crippen molar-refractivity contribution in [1.82, 2.24) is 14.5 Å². The molecule has 0 bridgehead atoms. The van der Waals surface area contributed by atoms with Gasteiger partial charge in [0.05, 0.1) is 5.69 Å². The van der Waals surface area contributed by atoms with E-state index in [0.717, 1.165) is 31.5 Å². The molecule has 2 rings (SSSR count). The first-order chi connectivity index (χ1) is 7.74. The highest BCUT2D eigenvalue weighted by Gasteiger charge is 2.28. The molecule has 5 nitrogen and oxygen atoms in total. The standard InChI is InChI=1S/C10H16N4OS/c1-7-9(16-13-12-7)10(15)14-5-3-2-4-8(14)6-11/h8H,2-6,11H2,1H3. The van der Waals surface area contributed by atoms with E-state index in [2.05, 4.69) is 9.59 Å². The summed E-state index contributed by atoms with van der Waals surface area (Å²) in [4.78, 5) is 14.8. The fraction of sp³-hybridized carbons (Fsp3) is 0.700. The number of hydrogen-bond donors (Lipinski definition) is 1. The van der Waals surface area contributed by atoms with Crippen LogP contribution in [0.1, 0.15) is 34.6 Å². The van der Waals surface area contributed by atoms with Gasteiger partial charge in [-0.05, 0) is 37.7 Å². The molecule has 1 atom stereocenters. The number of rotatable bonds is 2. The first kappa shape index (κ1) is 11.5. The molecule has 16 heavy (non-hydrogen) atoms. The smallest absolute Gasteiger partial charge is 0.267 e. The average molecular weight is 240 g/mol. The van der Waals surface area contributed by atoms with Gasteiger partial charge in [0.15, 0.2) is 0 Å². The van der Waals surface area contributed by atoms with Gasteiger partial charge in [0.2, 0.25) is 0 Å². The second-order valence-corrected chi connectivity index (χ2v) is 4.83. The Bertz CT molecular complexity index is 379. The van der Waals surface area contributed by atoms with Crippen LogP contribution in [0.15, 0.2) is 0 Å². The lowest BCUT2D eigenvalue weighted by Crippen LogP contribution is -2.47. The largest absolute Gasteiger partial charge is 0.334 e. The van der Waals surface area contributed by atoms with E-state index < -0.39 is 0 Å². The van der Waals surface area contributed by atoms with E-state index in [1.807, 2.05) is 11.8 Å². The van der Waals surface area contributed by atoms with E-state index in [4.69, 9.17) is 5.73 Å². The first-order valence-electron chi connectivity index (χ1n) is 5.54. The summed E-state index contributed by atoms with van der Waals surface area (Å²) in [5, 5.41) is 3.87. The van der Waals surface area contributed by atoms with Crippen LogP contribution >= 0.6 is 11.5 Å². The Balaban J connectivity index is 2.17. The van der Waals surface area contributed by atoms with Gasteiger partial charge in [-0.15, -0.1) is 5.10 Å². The minimum atomic E-state index is 0.0441. The number of likely N-dealkylation sites (tertiary alicyclic amines) is 1. The SMILES string of the molecule is Cc1nnsc1C(=O)N1CCCCC1CN. The normalized spacial score (nSPS) is 21.1. The van der Waals surface area contributed by atoms with E-state index in [0.29, 0.717) is 11.4 Å². The van der Waals surface area contributed by atoms with Gasteiger partial charge in [0.1, 0.15) is 4.88 Å². The van der Waals surface area contributed by atoms with E-state index in [1.165, 1.54) is 11.5 Å². The van der Waals surface area contributed by atoms with E-state index in [9.17, 15) is 4.79 Å². The fourth-order valence-corrected chi connectivity index (χ4v) is 2.68. The minimum absolute atomic E-state index is 0.0441. The number of nitrogens with zero attached hydrogens (tertiary/aromatic N) is 3. The third-order valence-electron chi connectivity index (χ3n) is 3.01. The summed E-state index contributed by atoms with van der Waals surface area (Å²) < 4.78 is 3.80. The van der Waals surface area contributed by atoms with Crippen molar-refractivity contribution in [3.05, 3.63) is 10.6 Å². The summed E-state index contributed by atoms with van der Waals surface area (Å²) in [6.45, 7) is 3.16. The average Bonchev–Trinajstić information content (AvgIpc) is 2.74. The van der Waals surface area contributed by atoms with Gasteiger partial charge in [0.25, 0.3) is 5.91 Å². The molecule has 2 N–H and O–H groups in total. The van der Waals surface area contributed by atoms with Crippen LogP contribution in [0.2, 0.25) is 0 Å². The summed E-state index contributed by atoms with van der Waals surface area (Å²) >= 11 is 1.17. The monoisotopic (exact) mass is 240 g/mol. The van der Waals surface area contributed by atoms with Gasteiger partial charge in [-0.3, -0.25) is 4.79 Å². The molecule has 1 fully saturated rings. The molecule has 0 saturated carbocycles. The van der Waals surface area contributed by atoms with Crippen molar-refractivity contribution in [2.24, 2.45) is 5.73 Å². The summed E-state index contributed by atoms with van der Waals surface area (Å²) in [5.41, 5.74) is 6.42. The van der Waals surface area contributed by atoms with Gasteiger partial charge in [-0.2, -0.15) is 0 Å². The van der Waals surface area contributed by atoms with Crippen LogP contribution in [0.25, 0.3) is 0 Å². The van der Waals surface area contributed by atoms with E-state index in [1.54, 1.807) is 0 Å². The molecule has 0 spiro atoms. The van der Waals surface area contributed by atoms with Gasteiger partial charge in [-0.25, -0.2) is 0 Å². The Kier molecular flexibility index (Phi) is 3.50. The molecule has 1 unspecified atom stereocenters. The topological polar surface area (TPSA) is 72.1 Å². The molecule has 1 saturated heterocycles. The van der Waals surface area contributed by atoms with E-state index >= 15 is 0 Å². The van der Waals surface area contributed by atoms with Crippen molar-refractivity contribution in [1.29, 1.82) is 0 Å². The number of carbonyl (C=O) groups is 1. The van der Waals surface area contributed by atoms with Gasteiger partial charge in [-0.1, -0.05) is 4.49 Å². The summed E-state index contributed by atoms with van der Waals surface area (Å²) in [6, 6.07) is 0.183. The molecule has 1 aromatic rings. The fourth-order valence-electron chi connectivity index (χ4n) is 2.07. The lowest BCUT2D eigenvalue weighted by Gasteiger charge is -2.34. The van der Waals surface area contributed by atoms with Crippen LogP contribution in [0.5, 0.6) is 0 Å². The second-order valence-electron chi connectivity index (χ2n) is 4.07. The molecule has 0 aliphatic carbocycles. The van der Waals surface area contributed by atoms with Crippen LogP contribution in [-0.2, 0) is 0 Å². The second kappa shape index (κ2) is 4.88. The van der Waals surface area contributed by atoms with Crippen molar-refractivity contribution in [3.63, 3.8) is 0 Å². The van der Waals surface area contributed by atoms with Crippen molar-refractivity contribution < 1.29 is 4.79 Å². The summed E-state index contributed by atoms with van der Waals surface area (Å²) in [6.07, 6.45) is 3.23. The highest BCUT2D eigenvalue weighted by atomic mass is 32.1. The molecular formula is C10H16N4OS. The number of hydrogen-bond acceptors (Lipinski definition) is 5. The molecular weight excluding hydrogens is 224 g/mol. The Morgan fingerprint density at radius 1 is 1.62 bits per heavy atom. The molecule has 2 heterocycles. The number of nitrogens with two attached hydrogens (primary N) is 1. The number of aryl methyl sites for hydroxylation is 1. The molecule has 1 amide bonds. The third-order valence-corrected chi connectivity index (χ3v) is 3.82. The number of piperidine rings is 1. The zero-order chi connectivity index (χ0) is 11.5. The number of aromatic nitrogens is 2. The van der Waals surface area contributed by atoms with Crippen LogP contribution in [0.4, 0.5) is 0 Å². The van der Waals surface area contributed by atoms with Gasteiger partial charge < -0.3 is 10.6 Å². The molecule has 0 aromatic carbocycles. The van der Waals surface area contributed by atoms with Crippen molar-refractivity contribution >= 4 is 17.4 Å². The number of carbonyl (C=O) groups excluding carboxylic acids is 1. The predicted octanol–water partition coefficient (Wildman–Crippen LogP) is 0.800. The zero-order valence-corrected chi connectivity index (χ0v) is 10.2. The maximum atomic E-state index is 12.3. The summed E-state index contributed by atoms with van der Waals surface area (Å²) in [5.74, 6) is 0.0441. The Labute approximate surface area is 98.8 Å². The Hall–Kier alpha value is -1.01. The van der Waals surface area contributed by atoms with E-state index in [-0.39, 0.29) is 11.9 Å². The third kappa shape index (κ3) is 2.08. The molecule has 1 aliphatic heterocycles. The highest BCUT2D eigenvalue weighted by Crippen LogP contribution is 2.21. The maximum Gasteiger partial charge on any atom is 0.267 e. The number of amides is 1. The van der Waals surface area contributed by atoms with Crippen LogP contribution in [0.3, 0.4) is 0 Å². The van der Waals surface area contributed by atoms with Crippen LogP contribution in [-0.4, -0.2) is 39.5 Å². The van der Waals surface area contributed by atoms with Crippen molar-refractivity contribution in [2.45, 2.75) is 32.2 Å². The zero-order valence-electron chi connectivity index (χ0n) is 9.35. The summed E-state index contributed by atoms with van der Waals surface area (Å²) in [7, 11) is 0. The van der Waals surface area contributed by atoms with Crippen molar-refractivity contribution in [2.75, 3.05) is 13.1 Å². The van der Waals surface area contributed by atoms with Crippen LogP contribution in [0, 0.1) is 6.92 Å². The predicted molar refractivity (Wildman–Crippen MR) is 62.4 cm³/mol. The van der Waals surface area contributed by atoms with Crippen LogP contribution < -0.4 is 5.73 Å².